The Hall–Kier alpha value is -4.06. The minimum atomic E-state index is -0.669. The number of aryl methyl sites for hydroxylation is 1. The van der Waals surface area contributed by atoms with Crippen molar-refractivity contribution in [1.82, 2.24) is 4.90 Å². The van der Waals surface area contributed by atoms with Crippen LogP contribution in [0.15, 0.2) is 84.1 Å². The Kier molecular flexibility index (Phi) is 7.20. The zero-order valence-corrected chi connectivity index (χ0v) is 20.2. The molecule has 0 saturated carbocycles. The summed E-state index contributed by atoms with van der Waals surface area (Å²) in [5, 5.41) is 11.2. The number of nitrogens with zero attached hydrogens (tertiary/aromatic N) is 1. The van der Waals surface area contributed by atoms with Crippen LogP contribution in [-0.2, 0) is 29.0 Å². The van der Waals surface area contributed by atoms with Crippen molar-refractivity contribution in [2.24, 2.45) is 0 Å². The van der Waals surface area contributed by atoms with Crippen LogP contribution in [0.2, 0.25) is 0 Å². The summed E-state index contributed by atoms with van der Waals surface area (Å²) in [4.78, 5) is 28.3. The average molecular weight is 472 g/mol. The van der Waals surface area contributed by atoms with E-state index in [-0.39, 0.29) is 24.3 Å². The van der Waals surface area contributed by atoms with Crippen molar-refractivity contribution in [2.45, 2.75) is 32.4 Å². The summed E-state index contributed by atoms with van der Waals surface area (Å²) in [5.74, 6) is 0.00190. The topological polar surface area (TPSA) is 76.1 Å². The smallest absolute Gasteiger partial charge is 0.261 e. The summed E-state index contributed by atoms with van der Waals surface area (Å²) in [6.07, 6.45) is 0.422. The van der Waals surface area contributed by atoms with Gasteiger partial charge in [0.1, 0.15) is 11.3 Å². The first-order valence-corrected chi connectivity index (χ1v) is 11.5. The van der Waals surface area contributed by atoms with Crippen LogP contribution < -0.4 is 9.47 Å². The number of amides is 1. The Morgan fingerprint density at radius 2 is 1.63 bits per heavy atom. The number of aliphatic hydroxyl groups excluding tert-OH is 1. The molecule has 1 atom stereocenters. The fraction of sp³-hybridized carbons (Fsp3) is 0.241. The average Bonchev–Trinajstić information content (AvgIpc) is 3.09. The molecule has 1 amide bonds. The normalized spacial score (nSPS) is 15.5. The number of methoxy groups -OCH3 is 2. The number of benzene rings is 3. The molecule has 0 radical (unpaired) electrons. The Bertz CT molecular complexity index is 1250. The van der Waals surface area contributed by atoms with E-state index in [0.717, 1.165) is 22.3 Å². The molecule has 1 aliphatic rings. The van der Waals surface area contributed by atoms with Gasteiger partial charge in [-0.15, -0.1) is 0 Å². The summed E-state index contributed by atoms with van der Waals surface area (Å²) in [6.45, 7) is 2.13. The molecule has 6 nitrogen and oxygen atoms in total. The third kappa shape index (κ3) is 5.06. The molecule has 1 heterocycles. The second-order valence-corrected chi connectivity index (χ2v) is 8.64. The van der Waals surface area contributed by atoms with Gasteiger partial charge in [-0.1, -0.05) is 72.3 Å². The van der Waals surface area contributed by atoms with Crippen LogP contribution >= 0.6 is 0 Å². The molecule has 4 rings (SSSR count). The fourth-order valence-corrected chi connectivity index (χ4v) is 4.44. The largest absolute Gasteiger partial charge is 0.509 e. The number of carbonyl (C=O) groups excluding carboxylic acids is 2. The molecule has 180 valence electrons. The number of rotatable bonds is 9. The first-order chi connectivity index (χ1) is 16.9. The number of carbonyl (C=O) groups is 2. The second-order valence-electron chi connectivity index (χ2n) is 8.64. The molecule has 0 aliphatic carbocycles. The molecular formula is C29H29NO5. The molecule has 0 unspecified atom stereocenters. The van der Waals surface area contributed by atoms with Crippen LogP contribution in [0.1, 0.15) is 22.3 Å². The molecule has 0 spiro atoms. The fourth-order valence-electron chi connectivity index (χ4n) is 4.44. The van der Waals surface area contributed by atoms with Gasteiger partial charge in [0.2, 0.25) is 0 Å². The molecule has 0 aromatic heterocycles. The number of para-hydroxylation sites is 1. The second kappa shape index (κ2) is 10.5. The van der Waals surface area contributed by atoms with Gasteiger partial charge in [-0.3, -0.25) is 9.59 Å². The summed E-state index contributed by atoms with van der Waals surface area (Å²) >= 11 is 0. The molecule has 3 aromatic rings. The van der Waals surface area contributed by atoms with Crippen molar-refractivity contribution in [3.8, 4) is 11.5 Å². The highest BCUT2D eigenvalue weighted by Crippen LogP contribution is 2.35. The minimum absolute atomic E-state index is 0.0415. The first-order valence-electron chi connectivity index (χ1n) is 11.5. The van der Waals surface area contributed by atoms with E-state index in [1.54, 1.807) is 25.2 Å². The van der Waals surface area contributed by atoms with Crippen molar-refractivity contribution in [3.05, 3.63) is 106 Å². The van der Waals surface area contributed by atoms with Crippen molar-refractivity contribution >= 4 is 11.7 Å². The van der Waals surface area contributed by atoms with E-state index in [4.69, 9.17) is 9.47 Å². The van der Waals surface area contributed by atoms with Crippen molar-refractivity contribution < 1.29 is 24.2 Å². The Labute approximate surface area is 205 Å². The van der Waals surface area contributed by atoms with Gasteiger partial charge < -0.3 is 19.5 Å². The van der Waals surface area contributed by atoms with Gasteiger partial charge in [-0.25, -0.2) is 0 Å². The van der Waals surface area contributed by atoms with Crippen LogP contribution in [0.25, 0.3) is 0 Å². The number of ether oxygens (including phenoxy) is 2. The third-order valence-corrected chi connectivity index (χ3v) is 6.28. The van der Waals surface area contributed by atoms with Gasteiger partial charge >= 0.3 is 0 Å². The zero-order valence-electron chi connectivity index (χ0n) is 20.2. The lowest BCUT2D eigenvalue weighted by atomic mass is 9.99. The number of ketones is 1. The van der Waals surface area contributed by atoms with Gasteiger partial charge in [0.25, 0.3) is 5.91 Å². The molecule has 3 aromatic carbocycles. The number of hydrogen-bond acceptors (Lipinski definition) is 5. The van der Waals surface area contributed by atoms with Crippen LogP contribution in [0.4, 0.5) is 0 Å². The molecule has 0 saturated heterocycles. The van der Waals surface area contributed by atoms with E-state index >= 15 is 0 Å². The molecular weight excluding hydrogens is 442 g/mol. The lowest BCUT2D eigenvalue weighted by Gasteiger charge is -2.26. The molecule has 0 fully saturated rings. The van der Waals surface area contributed by atoms with Gasteiger partial charge in [0.05, 0.1) is 26.8 Å². The number of Topliss-reactive ketones (excluding diaryl/α,β-unsaturated/α-hetero) is 1. The lowest BCUT2D eigenvalue weighted by Crippen LogP contribution is -2.37. The highest BCUT2D eigenvalue weighted by atomic mass is 16.5. The molecule has 6 heteroatoms. The van der Waals surface area contributed by atoms with Gasteiger partial charge in [0, 0.05) is 18.4 Å². The van der Waals surface area contributed by atoms with Crippen LogP contribution in [0.3, 0.4) is 0 Å². The van der Waals surface area contributed by atoms with E-state index < -0.39 is 17.7 Å². The van der Waals surface area contributed by atoms with Crippen molar-refractivity contribution in [3.63, 3.8) is 0 Å². The van der Waals surface area contributed by atoms with Gasteiger partial charge in [-0.05, 0) is 24.1 Å². The maximum absolute atomic E-state index is 13.6. The van der Waals surface area contributed by atoms with Crippen molar-refractivity contribution in [1.29, 1.82) is 0 Å². The van der Waals surface area contributed by atoms with Crippen LogP contribution in [0, 0.1) is 6.92 Å². The van der Waals surface area contributed by atoms with Crippen molar-refractivity contribution in [2.75, 3.05) is 14.2 Å². The Morgan fingerprint density at radius 1 is 0.914 bits per heavy atom. The number of aliphatic hydroxyl groups is 1. The zero-order chi connectivity index (χ0) is 24.9. The molecule has 0 bridgehead atoms. The quantitative estimate of drug-likeness (QED) is 0.462. The molecule has 1 aliphatic heterocycles. The highest BCUT2D eigenvalue weighted by molar-refractivity contribution is 6.21. The highest BCUT2D eigenvalue weighted by Gasteiger charge is 2.42. The van der Waals surface area contributed by atoms with E-state index in [9.17, 15) is 14.7 Å². The summed E-state index contributed by atoms with van der Waals surface area (Å²) in [7, 11) is 3.09. The SMILES string of the molecule is COc1cccc(CN2C(=O)C(C(=O)Cc3ccc(C)cc3)=C(O)[C@@H]2Cc2ccccc2)c1OC. The minimum Gasteiger partial charge on any atom is -0.509 e. The van der Waals surface area contributed by atoms with E-state index in [2.05, 4.69) is 0 Å². The maximum atomic E-state index is 13.6. The Balaban J connectivity index is 1.68. The van der Waals surface area contributed by atoms with Crippen LogP contribution in [-0.4, -0.2) is 42.0 Å². The van der Waals surface area contributed by atoms with Gasteiger partial charge in [-0.2, -0.15) is 0 Å². The summed E-state index contributed by atoms with van der Waals surface area (Å²) in [5.41, 5.74) is 3.40. The summed E-state index contributed by atoms with van der Waals surface area (Å²) in [6, 6.07) is 22.0. The third-order valence-electron chi connectivity index (χ3n) is 6.28. The first kappa shape index (κ1) is 24.1. The van der Waals surface area contributed by atoms with E-state index in [1.165, 1.54) is 0 Å². The Morgan fingerprint density at radius 3 is 2.29 bits per heavy atom. The molecule has 1 N–H and O–H groups in total. The van der Waals surface area contributed by atoms with Gasteiger partial charge in [0.15, 0.2) is 17.3 Å². The predicted octanol–water partition coefficient (Wildman–Crippen LogP) is 4.59. The van der Waals surface area contributed by atoms with E-state index in [1.807, 2.05) is 73.7 Å². The number of hydrogen-bond donors (Lipinski definition) is 1. The maximum Gasteiger partial charge on any atom is 0.261 e. The monoisotopic (exact) mass is 471 g/mol. The molecule has 35 heavy (non-hydrogen) atoms. The van der Waals surface area contributed by atoms with Crippen LogP contribution in [0.5, 0.6) is 11.5 Å². The predicted molar refractivity (Wildman–Crippen MR) is 134 cm³/mol. The van der Waals surface area contributed by atoms with E-state index in [0.29, 0.717) is 17.9 Å². The standard InChI is InChI=1S/C29H29NO5/c1-19-12-14-21(15-13-19)17-24(31)26-27(32)23(16-20-8-5-4-6-9-20)30(29(26)33)18-22-10-7-11-25(34-2)28(22)35-3/h4-15,23,32H,16-18H2,1-3H3/t23-/m0/s1. The lowest BCUT2D eigenvalue weighted by molar-refractivity contribution is -0.129. The summed E-state index contributed by atoms with van der Waals surface area (Å²) < 4.78 is 11.0.